The van der Waals surface area contributed by atoms with Crippen LogP contribution in [0.5, 0.6) is 0 Å². The van der Waals surface area contributed by atoms with Gasteiger partial charge in [-0.2, -0.15) is 0 Å². The summed E-state index contributed by atoms with van der Waals surface area (Å²) in [6.07, 6.45) is 4.86. The molecule has 1 aromatic carbocycles. The number of para-hydroxylation sites is 1. The van der Waals surface area contributed by atoms with Crippen LogP contribution < -0.4 is 4.90 Å². The highest BCUT2D eigenvalue weighted by Crippen LogP contribution is 2.34. The molecule has 1 aromatic heterocycles. The van der Waals surface area contributed by atoms with Crippen molar-refractivity contribution in [2.45, 2.75) is 26.2 Å². The number of rotatable bonds is 2. The van der Waals surface area contributed by atoms with Crippen molar-refractivity contribution in [3.8, 4) is 0 Å². The summed E-state index contributed by atoms with van der Waals surface area (Å²) in [5.41, 5.74) is 3.38. The van der Waals surface area contributed by atoms with Gasteiger partial charge in [0.15, 0.2) is 0 Å². The zero-order chi connectivity index (χ0) is 14.8. The van der Waals surface area contributed by atoms with Crippen LogP contribution in [0.2, 0.25) is 0 Å². The Labute approximate surface area is 124 Å². The molecule has 4 nitrogen and oxygen atoms in total. The van der Waals surface area contributed by atoms with Crippen LogP contribution in [-0.2, 0) is 6.42 Å². The number of carbonyl (C=O) groups is 1. The molecule has 0 amide bonds. The van der Waals surface area contributed by atoms with Gasteiger partial charge in [0.25, 0.3) is 0 Å². The third-order valence-corrected chi connectivity index (χ3v) is 3.97. The lowest BCUT2D eigenvalue weighted by atomic mass is 10.1. The van der Waals surface area contributed by atoms with E-state index in [1.807, 2.05) is 19.1 Å². The zero-order valence-electron chi connectivity index (χ0n) is 12.0. The van der Waals surface area contributed by atoms with Crippen molar-refractivity contribution in [1.29, 1.82) is 0 Å². The van der Waals surface area contributed by atoms with E-state index in [9.17, 15) is 9.90 Å². The fourth-order valence-corrected chi connectivity index (χ4v) is 2.92. The fraction of sp³-hybridized carbons (Fsp3) is 0.294. The Balaban J connectivity index is 2.17. The first-order chi connectivity index (χ1) is 10.2. The van der Waals surface area contributed by atoms with Crippen LogP contribution in [0.4, 0.5) is 11.5 Å². The van der Waals surface area contributed by atoms with E-state index >= 15 is 0 Å². The number of aryl methyl sites for hydroxylation is 2. The number of hydrogen-bond donors (Lipinski definition) is 1. The van der Waals surface area contributed by atoms with E-state index in [1.165, 1.54) is 5.56 Å². The van der Waals surface area contributed by atoms with Crippen molar-refractivity contribution in [1.82, 2.24) is 4.98 Å². The summed E-state index contributed by atoms with van der Waals surface area (Å²) in [6.45, 7) is 2.62. The number of carboxylic acids is 1. The second-order valence-corrected chi connectivity index (χ2v) is 5.37. The first kappa shape index (κ1) is 13.6. The molecule has 3 rings (SSSR count). The lowest BCUT2D eigenvalue weighted by Gasteiger charge is -2.25. The van der Waals surface area contributed by atoms with Crippen LogP contribution >= 0.6 is 0 Å². The van der Waals surface area contributed by atoms with Gasteiger partial charge < -0.3 is 10.0 Å². The molecule has 2 heterocycles. The summed E-state index contributed by atoms with van der Waals surface area (Å²) in [7, 11) is 0. The highest BCUT2D eigenvalue weighted by atomic mass is 16.4. The summed E-state index contributed by atoms with van der Waals surface area (Å²) in [5, 5.41) is 9.53. The van der Waals surface area contributed by atoms with Gasteiger partial charge >= 0.3 is 5.97 Å². The molecule has 0 saturated heterocycles. The molecule has 0 fully saturated rings. The third kappa shape index (κ3) is 2.49. The Kier molecular flexibility index (Phi) is 3.60. The Bertz CT molecular complexity index is 682. The molecule has 0 atom stereocenters. The largest absolute Gasteiger partial charge is 0.478 e. The van der Waals surface area contributed by atoms with E-state index in [0.29, 0.717) is 11.4 Å². The van der Waals surface area contributed by atoms with E-state index in [1.54, 1.807) is 12.3 Å². The summed E-state index contributed by atoms with van der Waals surface area (Å²) in [4.78, 5) is 18.0. The van der Waals surface area contributed by atoms with Gasteiger partial charge in [0.05, 0.1) is 0 Å². The van der Waals surface area contributed by atoms with Crippen molar-refractivity contribution in [2.75, 3.05) is 11.4 Å². The summed E-state index contributed by atoms with van der Waals surface area (Å²) in [5.74, 6) is -0.367. The highest BCUT2D eigenvalue weighted by molar-refractivity contribution is 5.96. The standard InChI is InChI=1S/C17H18N2O2/c1-12-9-10-18-16(15(12)17(20)21)19-11-5-4-7-13-6-2-3-8-14(13)19/h2-3,6,8-10H,4-5,7,11H2,1H3,(H,20,21). The minimum atomic E-state index is -0.919. The Hall–Kier alpha value is -2.36. The van der Waals surface area contributed by atoms with Gasteiger partial charge in [0.2, 0.25) is 0 Å². The number of anilines is 2. The number of aromatic nitrogens is 1. The summed E-state index contributed by atoms with van der Waals surface area (Å²) < 4.78 is 0. The predicted molar refractivity (Wildman–Crippen MR) is 82.3 cm³/mol. The zero-order valence-corrected chi connectivity index (χ0v) is 12.0. The number of benzene rings is 1. The number of pyridine rings is 1. The van der Waals surface area contributed by atoms with Crippen molar-refractivity contribution < 1.29 is 9.90 Å². The van der Waals surface area contributed by atoms with Crippen LogP contribution in [0, 0.1) is 6.92 Å². The molecule has 108 valence electrons. The minimum absolute atomic E-state index is 0.300. The van der Waals surface area contributed by atoms with Crippen molar-refractivity contribution >= 4 is 17.5 Å². The van der Waals surface area contributed by atoms with E-state index in [4.69, 9.17) is 0 Å². The SMILES string of the molecule is Cc1ccnc(N2CCCCc3ccccc32)c1C(=O)O. The van der Waals surface area contributed by atoms with Gasteiger partial charge in [0, 0.05) is 18.4 Å². The fourth-order valence-electron chi connectivity index (χ4n) is 2.92. The van der Waals surface area contributed by atoms with E-state index in [-0.39, 0.29) is 0 Å². The predicted octanol–water partition coefficient (Wildman–Crippen LogP) is 3.56. The second-order valence-electron chi connectivity index (χ2n) is 5.37. The molecule has 2 aromatic rings. The van der Waals surface area contributed by atoms with E-state index in [0.717, 1.165) is 37.1 Å². The molecule has 0 spiro atoms. The van der Waals surface area contributed by atoms with Crippen molar-refractivity contribution in [2.24, 2.45) is 0 Å². The van der Waals surface area contributed by atoms with Gasteiger partial charge in [-0.05, 0) is 49.4 Å². The molecule has 1 N–H and O–H groups in total. The van der Waals surface area contributed by atoms with Crippen LogP contribution in [0.1, 0.15) is 34.3 Å². The normalized spacial score (nSPS) is 14.4. The van der Waals surface area contributed by atoms with E-state index in [2.05, 4.69) is 22.0 Å². The number of aromatic carboxylic acids is 1. The van der Waals surface area contributed by atoms with Crippen LogP contribution in [-0.4, -0.2) is 22.6 Å². The van der Waals surface area contributed by atoms with Gasteiger partial charge in [0.1, 0.15) is 11.4 Å². The summed E-state index contributed by atoms with van der Waals surface area (Å²) >= 11 is 0. The highest BCUT2D eigenvalue weighted by Gasteiger charge is 2.23. The molecule has 1 aliphatic rings. The molecule has 0 saturated carbocycles. The molecule has 1 aliphatic heterocycles. The first-order valence-electron chi connectivity index (χ1n) is 7.23. The van der Waals surface area contributed by atoms with Crippen LogP contribution in [0.15, 0.2) is 36.5 Å². The molecule has 4 heteroatoms. The van der Waals surface area contributed by atoms with Gasteiger partial charge in [-0.3, -0.25) is 0 Å². The molecular formula is C17H18N2O2. The molecular weight excluding hydrogens is 264 g/mol. The third-order valence-electron chi connectivity index (χ3n) is 3.97. The monoisotopic (exact) mass is 282 g/mol. The smallest absolute Gasteiger partial charge is 0.339 e. The molecule has 0 bridgehead atoms. The van der Waals surface area contributed by atoms with Gasteiger partial charge in [-0.15, -0.1) is 0 Å². The maximum Gasteiger partial charge on any atom is 0.339 e. The Morgan fingerprint density at radius 2 is 2.05 bits per heavy atom. The Morgan fingerprint density at radius 3 is 2.86 bits per heavy atom. The number of nitrogens with zero attached hydrogens (tertiary/aromatic N) is 2. The van der Waals surface area contributed by atoms with Crippen LogP contribution in [0.25, 0.3) is 0 Å². The quantitative estimate of drug-likeness (QED) is 0.915. The average Bonchev–Trinajstić information content (AvgIpc) is 2.68. The van der Waals surface area contributed by atoms with Crippen LogP contribution in [0.3, 0.4) is 0 Å². The number of carboxylic acid groups (broad SMARTS) is 1. The number of fused-ring (bicyclic) bond motifs is 1. The maximum atomic E-state index is 11.6. The Morgan fingerprint density at radius 1 is 1.24 bits per heavy atom. The van der Waals surface area contributed by atoms with E-state index < -0.39 is 5.97 Å². The molecule has 0 radical (unpaired) electrons. The molecule has 21 heavy (non-hydrogen) atoms. The lowest BCUT2D eigenvalue weighted by molar-refractivity contribution is 0.0696. The minimum Gasteiger partial charge on any atom is -0.478 e. The second kappa shape index (κ2) is 5.56. The van der Waals surface area contributed by atoms with Crippen molar-refractivity contribution in [3.05, 3.63) is 53.2 Å². The lowest BCUT2D eigenvalue weighted by Crippen LogP contribution is -2.22. The number of hydrogen-bond acceptors (Lipinski definition) is 3. The van der Waals surface area contributed by atoms with Gasteiger partial charge in [-0.1, -0.05) is 18.2 Å². The molecule has 0 unspecified atom stereocenters. The topological polar surface area (TPSA) is 53.4 Å². The maximum absolute atomic E-state index is 11.6. The first-order valence-corrected chi connectivity index (χ1v) is 7.23. The summed E-state index contributed by atoms with van der Waals surface area (Å²) in [6, 6.07) is 9.94. The van der Waals surface area contributed by atoms with Gasteiger partial charge in [-0.25, -0.2) is 9.78 Å². The molecule has 0 aliphatic carbocycles. The average molecular weight is 282 g/mol. The van der Waals surface area contributed by atoms with Crippen molar-refractivity contribution in [3.63, 3.8) is 0 Å².